The summed E-state index contributed by atoms with van der Waals surface area (Å²) < 4.78 is 0. The Bertz CT molecular complexity index is 178. The predicted molar refractivity (Wildman–Crippen MR) is 52.6 cm³/mol. The molecule has 1 spiro atoms. The third-order valence-electron chi connectivity index (χ3n) is 3.80. The van der Waals surface area contributed by atoms with Gasteiger partial charge in [-0.2, -0.15) is 0 Å². The van der Waals surface area contributed by atoms with Gasteiger partial charge < -0.3 is 15.3 Å². The smallest absolute Gasteiger partial charge is 0.0477 e. The molecule has 2 aliphatic rings. The number of aliphatic hydroxyl groups is 1. The van der Waals surface area contributed by atoms with Crippen molar-refractivity contribution in [1.82, 2.24) is 10.2 Å². The van der Waals surface area contributed by atoms with Crippen molar-refractivity contribution in [2.75, 3.05) is 39.8 Å². The number of nitrogens with zero attached hydrogens (tertiary/aromatic N) is 1. The molecule has 2 aliphatic heterocycles. The monoisotopic (exact) mass is 184 g/mol. The highest BCUT2D eigenvalue weighted by atomic mass is 16.3. The van der Waals surface area contributed by atoms with Gasteiger partial charge in [0.05, 0.1) is 0 Å². The van der Waals surface area contributed by atoms with Crippen molar-refractivity contribution in [3.63, 3.8) is 0 Å². The Morgan fingerprint density at radius 2 is 2.15 bits per heavy atom. The molecule has 0 bridgehead atoms. The maximum absolute atomic E-state index is 9.35. The Labute approximate surface area is 80.1 Å². The standard InChI is InChI=1S/C10H20N2O/c1-12-6-9(7-13)10(8-12)2-4-11-5-3-10/h9,11,13H,2-8H2,1H3/t9-/m0/s1. The minimum absolute atomic E-state index is 0.365. The highest BCUT2D eigenvalue weighted by Crippen LogP contribution is 2.42. The first-order valence-electron chi connectivity index (χ1n) is 5.27. The van der Waals surface area contributed by atoms with Gasteiger partial charge in [-0.25, -0.2) is 0 Å². The lowest BCUT2D eigenvalue weighted by molar-refractivity contribution is 0.0989. The molecule has 76 valence electrons. The second kappa shape index (κ2) is 3.56. The quantitative estimate of drug-likeness (QED) is 0.598. The SMILES string of the molecule is CN1C[C@@H](CO)C2(CCNCC2)C1. The lowest BCUT2D eigenvalue weighted by atomic mass is 9.71. The van der Waals surface area contributed by atoms with Crippen LogP contribution in [-0.4, -0.2) is 49.8 Å². The van der Waals surface area contributed by atoms with Crippen molar-refractivity contribution in [3.8, 4) is 0 Å². The first-order valence-corrected chi connectivity index (χ1v) is 5.27. The lowest BCUT2D eigenvalue weighted by Gasteiger charge is -2.37. The van der Waals surface area contributed by atoms with Gasteiger partial charge in [0.15, 0.2) is 0 Å². The third kappa shape index (κ3) is 1.60. The molecule has 3 nitrogen and oxygen atoms in total. The summed E-state index contributed by atoms with van der Waals surface area (Å²) in [5.74, 6) is 0.514. The van der Waals surface area contributed by atoms with Crippen LogP contribution >= 0.6 is 0 Å². The molecule has 2 saturated heterocycles. The summed E-state index contributed by atoms with van der Waals surface area (Å²) in [6.45, 7) is 4.88. The first-order chi connectivity index (χ1) is 6.27. The molecule has 0 aromatic carbocycles. The normalized spacial score (nSPS) is 34.2. The van der Waals surface area contributed by atoms with Gasteiger partial charge in [0.25, 0.3) is 0 Å². The molecular weight excluding hydrogens is 164 g/mol. The van der Waals surface area contributed by atoms with Crippen molar-refractivity contribution in [2.24, 2.45) is 11.3 Å². The van der Waals surface area contributed by atoms with Crippen molar-refractivity contribution >= 4 is 0 Å². The molecule has 0 aromatic heterocycles. The Hall–Kier alpha value is -0.120. The summed E-state index contributed by atoms with van der Waals surface area (Å²) >= 11 is 0. The summed E-state index contributed by atoms with van der Waals surface area (Å²) in [5, 5.41) is 12.7. The maximum Gasteiger partial charge on any atom is 0.0477 e. The molecule has 0 unspecified atom stereocenters. The van der Waals surface area contributed by atoms with Crippen molar-refractivity contribution in [2.45, 2.75) is 12.8 Å². The molecule has 13 heavy (non-hydrogen) atoms. The molecule has 2 N–H and O–H groups in total. The summed E-state index contributed by atoms with van der Waals surface area (Å²) in [7, 11) is 2.17. The van der Waals surface area contributed by atoms with Crippen LogP contribution in [0.4, 0.5) is 0 Å². The lowest BCUT2D eigenvalue weighted by Crippen LogP contribution is -2.42. The fourth-order valence-corrected chi connectivity index (χ4v) is 3.04. The zero-order chi connectivity index (χ0) is 9.31. The van der Waals surface area contributed by atoms with Crippen LogP contribution in [0.1, 0.15) is 12.8 Å². The molecule has 0 saturated carbocycles. The average Bonchev–Trinajstić information content (AvgIpc) is 2.43. The first kappa shape index (κ1) is 9.44. The van der Waals surface area contributed by atoms with E-state index in [1.54, 1.807) is 0 Å². The van der Waals surface area contributed by atoms with Gasteiger partial charge in [0.1, 0.15) is 0 Å². The summed E-state index contributed by atoms with van der Waals surface area (Å²) in [4.78, 5) is 2.37. The van der Waals surface area contributed by atoms with Gasteiger partial charge in [-0.1, -0.05) is 0 Å². The van der Waals surface area contributed by atoms with E-state index < -0.39 is 0 Å². The zero-order valence-corrected chi connectivity index (χ0v) is 8.42. The maximum atomic E-state index is 9.35. The van der Waals surface area contributed by atoms with E-state index in [1.165, 1.54) is 19.4 Å². The van der Waals surface area contributed by atoms with E-state index in [4.69, 9.17) is 0 Å². The van der Waals surface area contributed by atoms with E-state index in [1.807, 2.05) is 0 Å². The largest absolute Gasteiger partial charge is 0.396 e. The summed E-state index contributed by atoms with van der Waals surface area (Å²) in [6, 6.07) is 0. The van der Waals surface area contributed by atoms with Crippen molar-refractivity contribution < 1.29 is 5.11 Å². The van der Waals surface area contributed by atoms with Crippen LogP contribution in [0, 0.1) is 11.3 Å². The number of nitrogens with one attached hydrogen (secondary N) is 1. The van der Waals surface area contributed by atoms with Gasteiger partial charge in [-0.05, 0) is 38.4 Å². The van der Waals surface area contributed by atoms with Gasteiger partial charge in [-0.3, -0.25) is 0 Å². The van der Waals surface area contributed by atoms with Crippen LogP contribution in [0.5, 0.6) is 0 Å². The van der Waals surface area contributed by atoms with Gasteiger partial charge >= 0.3 is 0 Å². The summed E-state index contributed by atoms with van der Waals surface area (Å²) in [5.41, 5.74) is 0.425. The van der Waals surface area contributed by atoms with Gasteiger partial charge in [-0.15, -0.1) is 0 Å². The Morgan fingerprint density at radius 3 is 2.77 bits per heavy atom. The van der Waals surface area contributed by atoms with Crippen LogP contribution in [0.2, 0.25) is 0 Å². The van der Waals surface area contributed by atoms with Crippen LogP contribution < -0.4 is 5.32 Å². The number of rotatable bonds is 1. The zero-order valence-electron chi connectivity index (χ0n) is 8.42. The molecule has 0 radical (unpaired) electrons. The fourth-order valence-electron chi connectivity index (χ4n) is 3.04. The number of piperidine rings is 1. The molecule has 2 heterocycles. The van der Waals surface area contributed by atoms with Crippen LogP contribution in [0.25, 0.3) is 0 Å². The Balaban J connectivity index is 2.09. The molecule has 2 rings (SSSR count). The second-order valence-corrected chi connectivity index (χ2v) is 4.69. The van der Waals surface area contributed by atoms with Crippen molar-refractivity contribution in [3.05, 3.63) is 0 Å². The van der Waals surface area contributed by atoms with E-state index in [2.05, 4.69) is 17.3 Å². The third-order valence-corrected chi connectivity index (χ3v) is 3.80. The molecule has 1 atom stereocenters. The number of aliphatic hydroxyl groups excluding tert-OH is 1. The van der Waals surface area contributed by atoms with Crippen LogP contribution in [0.3, 0.4) is 0 Å². The number of likely N-dealkylation sites (tertiary alicyclic amines) is 1. The van der Waals surface area contributed by atoms with E-state index >= 15 is 0 Å². The second-order valence-electron chi connectivity index (χ2n) is 4.69. The molecule has 3 heteroatoms. The predicted octanol–water partition coefficient (Wildman–Crippen LogP) is -0.0899. The van der Waals surface area contributed by atoms with Gasteiger partial charge in [0.2, 0.25) is 0 Å². The van der Waals surface area contributed by atoms with E-state index in [0.717, 1.165) is 19.6 Å². The Kier molecular flexibility index (Phi) is 2.58. The average molecular weight is 184 g/mol. The van der Waals surface area contributed by atoms with Crippen molar-refractivity contribution in [1.29, 1.82) is 0 Å². The molecule has 0 aliphatic carbocycles. The van der Waals surface area contributed by atoms with E-state index in [0.29, 0.717) is 17.9 Å². The fraction of sp³-hybridized carbons (Fsp3) is 1.00. The molecule has 2 fully saturated rings. The number of hydrogen-bond donors (Lipinski definition) is 2. The minimum atomic E-state index is 0.365. The topological polar surface area (TPSA) is 35.5 Å². The summed E-state index contributed by atoms with van der Waals surface area (Å²) in [6.07, 6.45) is 2.48. The van der Waals surface area contributed by atoms with Crippen LogP contribution in [0.15, 0.2) is 0 Å². The molecule has 0 amide bonds. The number of hydrogen-bond acceptors (Lipinski definition) is 3. The highest BCUT2D eigenvalue weighted by Gasteiger charge is 2.45. The van der Waals surface area contributed by atoms with Crippen LogP contribution in [-0.2, 0) is 0 Å². The Morgan fingerprint density at radius 1 is 1.46 bits per heavy atom. The van der Waals surface area contributed by atoms with Gasteiger partial charge in [0, 0.05) is 25.6 Å². The van der Waals surface area contributed by atoms with E-state index in [-0.39, 0.29) is 0 Å². The minimum Gasteiger partial charge on any atom is -0.396 e. The molecule has 0 aromatic rings. The van der Waals surface area contributed by atoms with E-state index in [9.17, 15) is 5.11 Å². The highest BCUT2D eigenvalue weighted by molar-refractivity contribution is 4.97. The molecular formula is C10H20N2O.